The number of aromatic nitrogens is 1. The number of hydrogen-bond acceptors (Lipinski definition) is 3. The van der Waals surface area contributed by atoms with Crippen molar-refractivity contribution in [2.45, 2.75) is 19.0 Å². The molecule has 0 bridgehead atoms. The minimum atomic E-state index is -4.43. The fourth-order valence-corrected chi connectivity index (χ4v) is 1.67. The fraction of sp³-hybridized carbons (Fsp3) is 0.667. The van der Waals surface area contributed by atoms with Gasteiger partial charge in [0.05, 0.1) is 6.20 Å². The summed E-state index contributed by atoms with van der Waals surface area (Å²) in [6, 6.07) is 0. The number of alkyl halides is 3. The lowest BCUT2D eigenvalue weighted by atomic mass is 10.1. The Labute approximate surface area is 84.7 Å². The van der Waals surface area contributed by atoms with E-state index in [4.69, 9.17) is 0 Å². The van der Waals surface area contributed by atoms with Gasteiger partial charge in [0.2, 0.25) is 5.76 Å². The highest BCUT2D eigenvalue weighted by atomic mass is 19.4. The number of nitrogens with zero attached hydrogens (tertiary/aromatic N) is 1. The summed E-state index contributed by atoms with van der Waals surface area (Å²) in [7, 11) is 0. The van der Waals surface area contributed by atoms with E-state index >= 15 is 0 Å². The second-order valence-electron chi connectivity index (χ2n) is 3.68. The molecule has 0 amide bonds. The lowest BCUT2D eigenvalue weighted by molar-refractivity contribution is -0.153. The van der Waals surface area contributed by atoms with Crippen molar-refractivity contribution < 1.29 is 17.6 Å². The van der Waals surface area contributed by atoms with E-state index in [9.17, 15) is 13.2 Å². The monoisotopic (exact) mass is 220 g/mol. The second kappa shape index (κ2) is 3.84. The smallest absolute Gasteiger partial charge is 0.436 e. The van der Waals surface area contributed by atoms with Gasteiger partial charge in [-0.15, -0.1) is 0 Å². The molecule has 1 unspecified atom stereocenters. The Kier molecular flexibility index (Phi) is 2.68. The first-order valence-electron chi connectivity index (χ1n) is 4.78. The summed E-state index contributed by atoms with van der Waals surface area (Å²) >= 11 is 0. The lowest BCUT2D eigenvalue weighted by Gasteiger charge is -2.04. The van der Waals surface area contributed by atoms with Crippen LogP contribution in [0, 0.1) is 5.92 Å². The Morgan fingerprint density at radius 1 is 1.53 bits per heavy atom. The number of halogens is 3. The first-order chi connectivity index (χ1) is 7.05. The van der Waals surface area contributed by atoms with Crippen molar-refractivity contribution in [3.63, 3.8) is 0 Å². The van der Waals surface area contributed by atoms with Crippen molar-refractivity contribution in [3.05, 3.63) is 17.8 Å². The van der Waals surface area contributed by atoms with Crippen molar-refractivity contribution in [3.8, 4) is 0 Å². The van der Waals surface area contributed by atoms with Crippen LogP contribution in [-0.2, 0) is 12.6 Å². The maximum Gasteiger partial charge on any atom is 0.451 e. The average molecular weight is 220 g/mol. The van der Waals surface area contributed by atoms with Crippen molar-refractivity contribution in [2.24, 2.45) is 5.92 Å². The molecule has 2 heterocycles. The zero-order valence-electron chi connectivity index (χ0n) is 7.97. The third kappa shape index (κ3) is 2.50. The van der Waals surface area contributed by atoms with E-state index in [0.717, 1.165) is 25.7 Å². The van der Waals surface area contributed by atoms with Crippen LogP contribution in [0.2, 0.25) is 0 Å². The summed E-state index contributed by atoms with van der Waals surface area (Å²) in [5.41, 5.74) is 0. The standard InChI is InChI=1S/C9H11F3N2O/c10-9(11,12)7-5-14-8(15-7)3-6-1-2-13-4-6/h5-6,13H,1-4H2. The van der Waals surface area contributed by atoms with Gasteiger partial charge in [0, 0.05) is 6.42 Å². The van der Waals surface area contributed by atoms with E-state index in [1.807, 2.05) is 0 Å². The molecule has 0 spiro atoms. The Hall–Kier alpha value is -1.04. The number of hydrogen-bond donors (Lipinski definition) is 1. The maximum absolute atomic E-state index is 12.2. The summed E-state index contributed by atoms with van der Waals surface area (Å²) in [6.07, 6.45) is -2.25. The van der Waals surface area contributed by atoms with Crippen LogP contribution >= 0.6 is 0 Å². The number of nitrogens with one attached hydrogen (secondary N) is 1. The van der Waals surface area contributed by atoms with E-state index in [-0.39, 0.29) is 5.89 Å². The van der Waals surface area contributed by atoms with Gasteiger partial charge in [-0.1, -0.05) is 0 Å². The molecule has 0 saturated carbocycles. The van der Waals surface area contributed by atoms with Crippen LogP contribution in [0.5, 0.6) is 0 Å². The third-order valence-corrected chi connectivity index (χ3v) is 2.46. The lowest BCUT2D eigenvalue weighted by Crippen LogP contribution is -2.10. The molecule has 1 fully saturated rings. The molecule has 1 atom stereocenters. The number of rotatable bonds is 2. The summed E-state index contributed by atoms with van der Waals surface area (Å²) in [5.74, 6) is -0.496. The van der Waals surface area contributed by atoms with Gasteiger partial charge < -0.3 is 9.73 Å². The Bertz CT molecular complexity index is 328. The zero-order valence-corrected chi connectivity index (χ0v) is 7.97. The molecule has 2 rings (SSSR count). The molecule has 6 heteroatoms. The maximum atomic E-state index is 12.2. The molecule has 0 radical (unpaired) electrons. The third-order valence-electron chi connectivity index (χ3n) is 2.46. The van der Waals surface area contributed by atoms with E-state index in [2.05, 4.69) is 14.7 Å². The molecule has 1 aromatic heterocycles. The summed E-state index contributed by atoms with van der Waals surface area (Å²) in [5, 5.41) is 3.14. The first kappa shape index (κ1) is 10.5. The van der Waals surface area contributed by atoms with E-state index < -0.39 is 11.9 Å². The molecule has 15 heavy (non-hydrogen) atoms. The molecule has 84 valence electrons. The summed E-state index contributed by atoms with van der Waals surface area (Å²) < 4.78 is 41.2. The first-order valence-corrected chi connectivity index (χ1v) is 4.78. The van der Waals surface area contributed by atoms with Crippen LogP contribution < -0.4 is 5.32 Å². The molecular weight excluding hydrogens is 209 g/mol. The van der Waals surface area contributed by atoms with Gasteiger partial charge in [0.25, 0.3) is 0 Å². The van der Waals surface area contributed by atoms with Gasteiger partial charge >= 0.3 is 6.18 Å². The van der Waals surface area contributed by atoms with Gasteiger partial charge in [0.15, 0.2) is 5.89 Å². The number of oxazole rings is 1. The summed E-state index contributed by atoms with van der Waals surface area (Å²) in [6.45, 7) is 1.74. The largest absolute Gasteiger partial charge is 0.451 e. The van der Waals surface area contributed by atoms with Gasteiger partial charge in [-0.05, 0) is 25.4 Å². The molecule has 1 saturated heterocycles. The van der Waals surface area contributed by atoms with Crippen LogP contribution in [0.4, 0.5) is 13.2 Å². The normalized spacial score (nSPS) is 22.2. The van der Waals surface area contributed by atoms with Crippen molar-refractivity contribution in [1.29, 1.82) is 0 Å². The van der Waals surface area contributed by atoms with E-state index in [1.165, 1.54) is 0 Å². The van der Waals surface area contributed by atoms with Gasteiger partial charge in [-0.2, -0.15) is 13.2 Å². The highest BCUT2D eigenvalue weighted by molar-refractivity contribution is 4.99. The van der Waals surface area contributed by atoms with Crippen LogP contribution in [0.1, 0.15) is 18.1 Å². The molecule has 1 aliphatic heterocycles. The van der Waals surface area contributed by atoms with Crippen LogP contribution in [-0.4, -0.2) is 18.1 Å². The molecular formula is C9H11F3N2O. The average Bonchev–Trinajstić information content (AvgIpc) is 2.73. The van der Waals surface area contributed by atoms with E-state index in [0.29, 0.717) is 12.3 Å². The van der Waals surface area contributed by atoms with Gasteiger partial charge in [-0.3, -0.25) is 0 Å². The SMILES string of the molecule is FC(F)(F)c1cnc(CC2CCNC2)o1. The molecule has 1 N–H and O–H groups in total. The van der Waals surface area contributed by atoms with Crippen LogP contribution in [0.25, 0.3) is 0 Å². The molecule has 3 nitrogen and oxygen atoms in total. The van der Waals surface area contributed by atoms with Crippen molar-refractivity contribution in [1.82, 2.24) is 10.3 Å². The van der Waals surface area contributed by atoms with Crippen LogP contribution in [0.3, 0.4) is 0 Å². The minimum absolute atomic E-state index is 0.177. The molecule has 0 aromatic carbocycles. The highest BCUT2D eigenvalue weighted by Gasteiger charge is 2.35. The van der Waals surface area contributed by atoms with E-state index in [1.54, 1.807) is 0 Å². The van der Waals surface area contributed by atoms with Crippen LogP contribution in [0.15, 0.2) is 10.6 Å². The topological polar surface area (TPSA) is 38.1 Å². The zero-order chi connectivity index (χ0) is 10.9. The molecule has 0 aliphatic carbocycles. The predicted molar refractivity (Wildman–Crippen MR) is 46.2 cm³/mol. The fourth-order valence-electron chi connectivity index (χ4n) is 1.67. The Morgan fingerprint density at radius 3 is 2.87 bits per heavy atom. The van der Waals surface area contributed by atoms with Crippen molar-refractivity contribution in [2.75, 3.05) is 13.1 Å². The Morgan fingerprint density at radius 2 is 2.33 bits per heavy atom. The molecule has 1 aliphatic rings. The molecule has 1 aromatic rings. The second-order valence-corrected chi connectivity index (χ2v) is 3.68. The predicted octanol–water partition coefficient (Wildman–Crippen LogP) is 1.85. The highest BCUT2D eigenvalue weighted by Crippen LogP contribution is 2.30. The van der Waals surface area contributed by atoms with Gasteiger partial charge in [-0.25, -0.2) is 4.98 Å². The Balaban J connectivity index is 2.00. The quantitative estimate of drug-likeness (QED) is 0.826. The van der Waals surface area contributed by atoms with Gasteiger partial charge in [0.1, 0.15) is 0 Å². The van der Waals surface area contributed by atoms with Crippen molar-refractivity contribution >= 4 is 0 Å². The summed E-state index contributed by atoms with van der Waals surface area (Å²) in [4.78, 5) is 3.63. The minimum Gasteiger partial charge on any atom is -0.436 e.